The molecule has 23 heavy (non-hydrogen) atoms. The van der Waals surface area contributed by atoms with E-state index in [1.807, 2.05) is 38.7 Å². The predicted molar refractivity (Wildman–Crippen MR) is 86.0 cm³/mol. The van der Waals surface area contributed by atoms with Crippen LogP contribution in [0.15, 0.2) is 10.6 Å². The molecule has 0 saturated carbocycles. The first kappa shape index (κ1) is 16.3. The number of ether oxygens (including phenoxy) is 1. The van der Waals surface area contributed by atoms with E-state index < -0.39 is 5.60 Å². The fourth-order valence-electron chi connectivity index (χ4n) is 3.66. The second-order valence-corrected chi connectivity index (χ2v) is 7.75. The summed E-state index contributed by atoms with van der Waals surface area (Å²) in [5, 5.41) is 4.08. The van der Waals surface area contributed by atoms with Crippen molar-refractivity contribution in [1.29, 1.82) is 0 Å². The van der Waals surface area contributed by atoms with Crippen LogP contribution in [-0.2, 0) is 11.3 Å². The van der Waals surface area contributed by atoms with E-state index >= 15 is 0 Å². The normalized spacial score (nSPS) is 25.5. The smallest absolute Gasteiger partial charge is 0.410 e. The largest absolute Gasteiger partial charge is 0.444 e. The molecule has 1 aromatic rings. The lowest BCUT2D eigenvalue weighted by atomic mass is 9.91. The van der Waals surface area contributed by atoms with Crippen LogP contribution in [0.25, 0.3) is 0 Å². The molecule has 0 aromatic carbocycles. The molecule has 128 valence electrons. The summed E-state index contributed by atoms with van der Waals surface area (Å²) < 4.78 is 10.8. The summed E-state index contributed by atoms with van der Waals surface area (Å²) in [7, 11) is 0. The minimum atomic E-state index is -0.444. The van der Waals surface area contributed by atoms with Crippen LogP contribution >= 0.6 is 0 Å². The predicted octanol–water partition coefficient (Wildman–Crippen LogP) is 2.96. The molecule has 3 heterocycles. The summed E-state index contributed by atoms with van der Waals surface area (Å²) >= 11 is 0. The Morgan fingerprint density at radius 1 is 1.35 bits per heavy atom. The second-order valence-electron chi connectivity index (χ2n) is 7.75. The molecule has 2 unspecified atom stereocenters. The first-order chi connectivity index (χ1) is 10.8. The number of nitrogens with zero attached hydrogens (tertiary/aromatic N) is 3. The summed E-state index contributed by atoms with van der Waals surface area (Å²) in [5.41, 5.74) is 0.520. The average Bonchev–Trinajstić information content (AvgIpc) is 2.81. The molecule has 0 spiro atoms. The summed E-state index contributed by atoms with van der Waals surface area (Å²) in [6.45, 7) is 10.2. The Morgan fingerprint density at radius 3 is 2.52 bits per heavy atom. The van der Waals surface area contributed by atoms with Gasteiger partial charge in [-0.3, -0.25) is 9.80 Å². The highest BCUT2D eigenvalue weighted by Crippen LogP contribution is 2.31. The number of hydrogen-bond acceptors (Lipinski definition) is 5. The SMILES string of the molecule is Cc1cc(CN2CC3CCCC(C2)N3C(=O)OC(C)(C)C)no1. The lowest BCUT2D eigenvalue weighted by Gasteiger charge is -2.49. The van der Waals surface area contributed by atoms with Gasteiger partial charge in [-0.05, 0) is 47.0 Å². The highest BCUT2D eigenvalue weighted by atomic mass is 16.6. The van der Waals surface area contributed by atoms with Gasteiger partial charge in [-0.15, -0.1) is 0 Å². The van der Waals surface area contributed by atoms with E-state index in [9.17, 15) is 4.79 Å². The standard InChI is InChI=1S/C17H27N3O3/c1-12-8-13(18-23-12)9-19-10-14-6-5-7-15(11-19)20(14)16(21)22-17(2,3)4/h8,14-15H,5-7,9-11H2,1-4H3. The third kappa shape index (κ3) is 3.86. The zero-order valence-corrected chi connectivity index (χ0v) is 14.5. The van der Waals surface area contributed by atoms with Crippen LogP contribution in [0.1, 0.15) is 51.5 Å². The molecule has 3 rings (SSSR count). The van der Waals surface area contributed by atoms with Crippen molar-refractivity contribution >= 4 is 6.09 Å². The van der Waals surface area contributed by atoms with Crippen molar-refractivity contribution in [1.82, 2.24) is 15.0 Å². The molecule has 0 radical (unpaired) electrons. The minimum Gasteiger partial charge on any atom is -0.444 e. The molecule has 1 aromatic heterocycles. The molecule has 1 amide bonds. The summed E-state index contributed by atoms with van der Waals surface area (Å²) in [4.78, 5) is 16.9. The van der Waals surface area contributed by atoms with E-state index in [1.165, 1.54) is 6.42 Å². The maximum atomic E-state index is 12.6. The van der Waals surface area contributed by atoms with Crippen LogP contribution in [0.5, 0.6) is 0 Å². The molecular formula is C17H27N3O3. The van der Waals surface area contributed by atoms with Gasteiger partial charge in [-0.25, -0.2) is 4.79 Å². The van der Waals surface area contributed by atoms with E-state index in [0.717, 1.165) is 43.9 Å². The quantitative estimate of drug-likeness (QED) is 0.838. The molecule has 2 atom stereocenters. The van der Waals surface area contributed by atoms with E-state index in [4.69, 9.17) is 9.26 Å². The number of piperazine rings is 1. The van der Waals surface area contributed by atoms with E-state index in [0.29, 0.717) is 0 Å². The molecule has 0 N–H and O–H groups in total. The van der Waals surface area contributed by atoms with Gasteiger partial charge in [0.2, 0.25) is 0 Å². The second kappa shape index (κ2) is 6.15. The van der Waals surface area contributed by atoms with Crippen LogP contribution in [0.4, 0.5) is 4.79 Å². The Hall–Kier alpha value is -1.56. The highest BCUT2D eigenvalue weighted by Gasteiger charge is 2.41. The Morgan fingerprint density at radius 2 is 2.00 bits per heavy atom. The van der Waals surface area contributed by atoms with Crippen molar-refractivity contribution < 1.29 is 14.1 Å². The Labute approximate surface area is 137 Å². The van der Waals surface area contributed by atoms with Gasteiger partial charge in [0.25, 0.3) is 0 Å². The average molecular weight is 321 g/mol. The summed E-state index contributed by atoms with van der Waals surface area (Å²) in [6.07, 6.45) is 3.11. The fourth-order valence-corrected chi connectivity index (χ4v) is 3.66. The van der Waals surface area contributed by atoms with Crippen molar-refractivity contribution in [2.75, 3.05) is 13.1 Å². The Bertz CT molecular complexity index is 550. The third-order valence-electron chi connectivity index (χ3n) is 4.47. The maximum Gasteiger partial charge on any atom is 0.410 e. The van der Waals surface area contributed by atoms with Gasteiger partial charge in [-0.1, -0.05) is 5.16 Å². The fraction of sp³-hybridized carbons (Fsp3) is 0.765. The van der Waals surface area contributed by atoms with Crippen LogP contribution in [0, 0.1) is 6.92 Å². The molecule has 6 nitrogen and oxygen atoms in total. The topological polar surface area (TPSA) is 58.8 Å². The monoisotopic (exact) mass is 321 g/mol. The lowest BCUT2D eigenvalue weighted by Crippen LogP contribution is -2.62. The van der Waals surface area contributed by atoms with Crippen molar-refractivity contribution in [3.63, 3.8) is 0 Å². The number of piperidine rings is 1. The number of fused-ring (bicyclic) bond motifs is 2. The Kier molecular flexibility index (Phi) is 4.36. The van der Waals surface area contributed by atoms with Gasteiger partial charge < -0.3 is 9.26 Å². The maximum absolute atomic E-state index is 12.6. The molecule has 2 aliphatic rings. The number of rotatable bonds is 2. The van der Waals surface area contributed by atoms with Crippen LogP contribution in [0.3, 0.4) is 0 Å². The van der Waals surface area contributed by atoms with Gasteiger partial charge in [0.05, 0.1) is 5.69 Å². The number of amides is 1. The van der Waals surface area contributed by atoms with Crippen molar-refractivity contribution in [3.05, 3.63) is 17.5 Å². The van der Waals surface area contributed by atoms with E-state index in [-0.39, 0.29) is 18.2 Å². The van der Waals surface area contributed by atoms with Crippen molar-refractivity contribution in [2.24, 2.45) is 0 Å². The van der Waals surface area contributed by atoms with Gasteiger partial charge in [0.15, 0.2) is 0 Å². The van der Waals surface area contributed by atoms with Gasteiger partial charge in [-0.2, -0.15) is 0 Å². The molecule has 2 fully saturated rings. The van der Waals surface area contributed by atoms with Crippen molar-refractivity contribution in [2.45, 2.75) is 71.2 Å². The zero-order chi connectivity index (χ0) is 16.6. The Balaban J connectivity index is 1.67. The number of carbonyl (C=O) groups excluding carboxylic acids is 1. The number of aryl methyl sites for hydroxylation is 1. The van der Waals surface area contributed by atoms with E-state index in [2.05, 4.69) is 10.1 Å². The highest BCUT2D eigenvalue weighted by molar-refractivity contribution is 5.69. The summed E-state index contributed by atoms with van der Waals surface area (Å²) in [5.74, 6) is 0.840. The van der Waals surface area contributed by atoms with E-state index in [1.54, 1.807) is 0 Å². The minimum absolute atomic E-state index is 0.163. The number of carbonyl (C=O) groups is 1. The van der Waals surface area contributed by atoms with Gasteiger partial charge in [0.1, 0.15) is 11.4 Å². The molecule has 2 saturated heterocycles. The van der Waals surface area contributed by atoms with Crippen LogP contribution < -0.4 is 0 Å². The van der Waals surface area contributed by atoms with Crippen LogP contribution in [0.2, 0.25) is 0 Å². The van der Waals surface area contributed by atoms with Crippen LogP contribution in [-0.4, -0.2) is 51.8 Å². The van der Waals surface area contributed by atoms with Crippen molar-refractivity contribution in [3.8, 4) is 0 Å². The molecule has 2 aliphatic heterocycles. The first-order valence-corrected chi connectivity index (χ1v) is 8.48. The molecule has 0 aliphatic carbocycles. The zero-order valence-electron chi connectivity index (χ0n) is 14.5. The van der Waals surface area contributed by atoms with Gasteiger partial charge >= 0.3 is 6.09 Å². The summed E-state index contributed by atoms with van der Waals surface area (Å²) in [6, 6.07) is 2.46. The van der Waals surface area contributed by atoms with Gasteiger partial charge in [0, 0.05) is 37.8 Å². The number of aromatic nitrogens is 1. The molecule has 2 bridgehead atoms. The number of likely N-dealkylation sites (tertiary alicyclic amines) is 1. The third-order valence-corrected chi connectivity index (χ3v) is 4.47. The molecular weight excluding hydrogens is 294 g/mol. The molecule has 6 heteroatoms. The number of hydrogen-bond donors (Lipinski definition) is 0. The lowest BCUT2D eigenvalue weighted by molar-refractivity contribution is -0.0393. The first-order valence-electron chi connectivity index (χ1n) is 8.48.